The van der Waals surface area contributed by atoms with E-state index in [-0.39, 0.29) is 29.5 Å². The smallest absolute Gasteiger partial charge is 0.351 e. The number of fused-ring (bicyclic) bond motifs is 6. The Kier molecular flexibility index (Phi) is 5.21. The van der Waals surface area contributed by atoms with Gasteiger partial charge < -0.3 is 19.9 Å². The average molecular weight is 462 g/mol. The Morgan fingerprint density at radius 3 is 2.39 bits per heavy atom. The molecule has 4 saturated carbocycles. The standard InChI is InChI=1S/C26H39NO6/c1-5-31-22(30)26(21(27)29)25(33-26)13-10-20-18-7-6-16-14-17(32-15(2)28)8-11-23(16,3)19(18)9-12-24(20,25)4/h16-20H,5-14H2,1-4H3,(H2,27,29)/t16?,17?,18?,19?,20?,23-,24-,25+,26+/m0/s1. The Bertz CT molecular complexity index is 875. The lowest BCUT2D eigenvalue weighted by atomic mass is 9.44. The molecule has 5 fully saturated rings. The van der Waals surface area contributed by atoms with Crippen LogP contribution in [0.5, 0.6) is 0 Å². The number of carbonyl (C=O) groups excluding carboxylic acids is 3. The molecule has 7 heteroatoms. The van der Waals surface area contributed by atoms with Crippen molar-refractivity contribution in [3.05, 3.63) is 0 Å². The van der Waals surface area contributed by atoms with E-state index in [1.54, 1.807) is 6.92 Å². The summed E-state index contributed by atoms with van der Waals surface area (Å²) in [7, 11) is 0. The first-order chi connectivity index (χ1) is 15.6. The molecule has 1 spiro atoms. The van der Waals surface area contributed by atoms with Crippen molar-refractivity contribution in [2.45, 2.75) is 103 Å². The lowest BCUT2D eigenvalue weighted by molar-refractivity contribution is -0.160. The maximum Gasteiger partial charge on any atom is 0.351 e. The largest absolute Gasteiger partial charge is 0.463 e. The van der Waals surface area contributed by atoms with Crippen LogP contribution in [-0.4, -0.2) is 41.8 Å². The van der Waals surface area contributed by atoms with Crippen LogP contribution in [0.3, 0.4) is 0 Å². The highest BCUT2D eigenvalue weighted by molar-refractivity contribution is 6.10. The Morgan fingerprint density at radius 1 is 1.00 bits per heavy atom. The summed E-state index contributed by atoms with van der Waals surface area (Å²) < 4.78 is 17.0. The van der Waals surface area contributed by atoms with Crippen LogP contribution in [0.25, 0.3) is 0 Å². The van der Waals surface area contributed by atoms with E-state index < -0.39 is 23.1 Å². The van der Waals surface area contributed by atoms with Gasteiger partial charge in [0, 0.05) is 12.3 Å². The second-order valence-corrected chi connectivity index (χ2v) is 11.9. The van der Waals surface area contributed by atoms with Gasteiger partial charge in [0.15, 0.2) is 0 Å². The zero-order valence-electron chi connectivity index (χ0n) is 20.5. The molecular weight excluding hydrogens is 422 g/mol. The molecule has 1 heterocycles. The fraction of sp³-hybridized carbons (Fsp3) is 0.885. The monoisotopic (exact) mass is 461 g/mol. The predicted molar refractivity (Wildman–Crippen MR) is 120 cm³/mol. The lowest BCUT2D eigenvalue weighted by Gasteiger charge is -2.60. The molecule has 1 saturated heterocycles. The van der Waals surface area contributed by atoms with Crippen molar-refractivity contribution in [2.24, 2.45) is 40.2 Å². The summed E-state index contributed by atoms with van der Waals surface area (Å²) >= 11 is 0. The summed E-state index contributed by atoms with van der Waals surface area (Å²) in [6.45, 7) is 8.14. The van der Waals surface area contributed by atoms with Crippen LogP contribution in [0.4, 0.5) is 0 Å². The van der Waals surface area contributed by atoms with Crippen LogP contribution >= 0.6 is 0 Å². The summed E-state index contributed by atoms with van der Waals surface area (Å²) in [6.07, 6.45) is 9.02. The molecule has 0 bridgehead atoms. The number of nitrogens with two attached hydrogens (primary N) is 1. The van der Waals surface area contributed by atoms with Crippen molar-refractivity contribution in [1.82, 2.24) is 0 Å². The van der Waals surface area contributed by atoms with E-state index in [4.69, 9.17) is 19.9 Å². The van der Waals surface area contributed by atoms with E-state index in [0.717, 1.165) is 51.4 Å². The van der Waals surface area contributed by atoms with E-state index in [1.807, 2.05) is 0 Å². The molecule has 5 aliphatic rings. The van der Waals surface area contributed by atoms with Crippen LogP contribution in [0.15, 0.2) is 0 Å². The first kappa shape index (κ1) is 23.1. The molecule has 0 aromatic carbocycles. The SMILES string of the molecule is CCOC(=O)[C@@]1(C(N)=O)O[C@@]12CCC1C3CCC4CC(OC(C)=O)CC[C@]4(C)C3CC[C@@]12C. The van der Waals surface area contributed by atoms with E-state index >= 15 is 0 Å². The molecule has 2 N–H and O–H groups in total. The van der Waals surface area contributed by atoms with Crippen molar-refractivity contribution in [3.63, 3.8) is 0 Å². The summed E-state index contributed by atoms with van der Waals surface area (Å²) in [4.78, 5) is 37.0. The number of ether oxygens (including phenoxy) is 3. The highest BCUT2D eigenvalue weighted by Crippen LogP contribution is 2.76. The van der Waals surface area contributed by atoms with Gasteiger partial charge in [0.1, 0.15) is 11.7 Å². The number of hydrogen-bond acceptors (Lipinski definition) is 6. The third kappa shape index (κ3) is 2.86. The minimum Gasteiger partial charge on any atom is -0.463 e. The van der Waals surface area contributed by atoms with Gasteiger partial charge in [-0.3, -0.25) is 9.59 Å². The van der Waals surface area contributed by atoms with Crippen molar-refractivity contribution in [2.75, 3.05) is 6.61 Å². The molecule has 5 rings (SSSR count). The number of carbonyl (C=O) groups is 3. The molecule has 4 aliphatic carbocycles. The van der Waals surface area contributed by atoms with Crippen LogP contribution < -0.4 is 5.73 Å². The van der Waals surface area contributed by atoms with Gasteiger partial charge >= 0.3 is 11.9 Å². The number of amides is 1. The first-order valence-electron chi connectivity index (χ1n) is 12.9. The second kappa shape index (κ2) is 7.43. The fourth-order valence-corrected chi connectivity index (χ4v) is 9.33. The zero-order valence-corrected chi connectivity index (χ0v) is 20.5. The molecule has 0 radical (unpaired) electrons. The highest BCUT2D eigenvalue weighted by atomic mass is 16.7. The van der Waals surface area contributed by atoms with Gasteiger partial charge in [0.05, 0.1) is 6.61 Å². The minimum atomic E-state index is -1.62. The van der Waals surface area contributed by atoms with Crippen molar-refractivity contribution >= 4 is 17.8 Å². The van der Waals surface area contributed by atoms with Gasteiger partial charge in [-0.2, -0.15) is 0 Å². The van der Waals surface area contributed by atoms with E-state index in [2.05, 4.69) is 13.8 Å². The fourth-order valence-electron chi connectivity index (χ4n) is 9.33. The average Bonchev–Trinajstić information content (AvgIpc) is 3.36. The Balaban J connectivity index is 1.39. The maximum absolute atomic E-state index is 12.9. The number of rotatable bonds is 4. The van der Waals surface area contributed by atoms with Gasteiger partial charge in [0.2, 0.25) is 0 Å². The van der Waals surface area contributed by atoms with Gasteiger partial charge in [-0.25, -0.2) is 4.79 Å². The molecule has 33 heavy (non-hydrogen) atoms. The summed E-state index contributed by atoms with van der Waals surface area (Å²) in [5.74, 6) is 0.684. The normalized spacial score (nSPS) is 50.0. The quantitative estimate of drug-likeness (QED) is 0.390. The molecule has 1 aliphatic heterocycles. The summed E-state index contributed by atoms with van der Waals surface area (Å²) in [5, 5.41) is 0. The Labute approximate surface area is 196 Å². The highest BCUT2D eigenvalue weighted by Gasteiger charge is 2.88. The Hall–Kier alpha value is -1.63. The number of esters is 2. The third-order valence-corrected chi connectivity index (χ3v) is 10.8. The van der Waals surface area contributed by atoms with Crippen LogP contribution in [0.2, 0.25) is 0 Å². The van der Waals surface area contributed by atoms with Crippen LogP contribution in [0.1, 0.15) is 85.5 Å². The molecule has 0 aromatic heterocycles. The maximum atomic E-state index is 12.9. The number of hydrogen-bond donors (Lipinski definition) is 1. The summed E-state index contributed by atoms with van der Waals surface area (Å²) in [5.41, 5.74) is 3.34. The van der Waals surface area contributed by atoms with Crippen molar-refractivity contribution in [1.29, 1.82) is 0 Å². The molecule has 9 atom stereocenters. The molecule has 184 valence electrons. The van der Waals surface area contributed by atoms with E-state index in [9.17, 15) is 14.4 Å². The molecule has 5 unspecified atom stereocenters. The van der Waals surface area contributed by atoms with Gasteiger partial charge in [0.25, 0.3) is 11.5 Å². The predicted octanol–water partition coefficient (Wildman–Crippen LogP) is 3.52. The second-order valence-electron chi connectivity index (χ2n) is 11.9. The van der Waals surface area contributed by atoms with E-state index in [0.29, 0.717) is 30.1 Å². The number of primary amides is 1. The van der Waals surface area contributed by atoms with Gasteiger partial charge in [-0.05, 0) is 93.8 Å². The molecule has 1 amide bonds. The Morgan fingerprint density at radius 2 is 1.73 bits per heavy atom. The van der Waals surface area contributed by atoms with E-state index in [1.165, 1.54) is 6.92 Å². The molecule has 0 aromatic rings. The van der Waals surface area contributed by atoms with Crippen molar-refractivity contribution < 1.29 is 28.6 Å². The lowest BCUT2D eigenvalue weighted by Crippen LogP contribution is -2.57. The van der Waals surface area contributed by atoms with Crippen molar-refractivity contribution in [3.8, 4) is 0 Å². The third-order valence-electron chi connectivity index (χ3n) is 10.8. The topological polar surface area (TPSA) is 108 Å². The molecular formula is C26H39NO6. The zero-order chi connectivity index (χ0) is 23.8. The summed E-state index contributed by atoms with van der Waals surface area (Å²) in [6, 6.07) is 0. The minimum absolute atomic E-state index is 0.0568. The van der Waals surface area contributed by atoms with Crippen LogP contribution in [-0.2, 0) is 28.6 Å². The van der Waals surface area contributed by atoms with Gasteiger partial charge in [-0.15, -0.1) is 0 Å². The molecule has 7 nitrogen and oxygen atoms in total. The first-order valence-corrected chi connectivity index (χ1v) is 12.9. The van der Waals surface area contributed by atoms with Crippen LogP contribution in [0, 0.1) is 34.5 Å². The number of epoxide rings is 1. The van der Waals surface area contributed by atoms with Gasteiger partial charge in [-0.1, -0.05) is 13.8 Å².